The molecule has 1 N–H and O–H groups in total. The van der Waals surface area contributed by atoms with Crippen molar-refractivity contribution in [1.29, 1.82) is 0 Å². The number of carboxylic acids is 1. The summed E-state index contributed by atoms with van der Waals surface area (Å²) >= 11 is 0. The molecule has 5 heteroatoms. The molecule has 0 unspecified atom stereocenters. The fourth-order valence-corrected chi connectivity index (χ4v) is 2.43. The van der Waals surface area contributed by atoms with Gasteiger partial charge in [-0.3, -0.25) is 9.69 Å². The highest BCUT2D eigenvalue weighted by Gasteiger charge is 2.15. The van der Waals surface area contributed by atoms with Crippen molar-refractivity contribution in [3.63, 3.8) is 0 Å². The largest absolute Gasteiger partial charge is 0.497 e. The Morgan fingerprint density at radius 2 is 1.71 bits per heavy atom. The van der Waals surface area contributed by atoms with Gasteiger partial charge in [0.1, 0.15) is 17.6 Å². The van der Waals surface area contributed by atoms with Gasteiger partial charge in [-0.2, -0.15) is 0 Å². The highest BCUT2D eigenvalue weighted by Crippen LogP contribution is 2.26. The molecule has 0 bridgehead atoms. The number of hydrogen-bond donors (Lipinski definition) is 1. The maximum Gasteiger partial charge on any atom is 0.317 e. The number of rotatable bonds is 9. The smallest absolute Gasteiger partial charge is 0.317 e. The fourth-order valence-electron chi connectivity index (χ4n) is 2.43. The third-order valence-electron chi connectivity index (χ3n) is 3.69. The van der Waals surface area contributed by atoms with Gasteiger partial charge in [-0.15, -0.1) is 0 Å². The monoisotopic (exact) mass is 329 g/mol. The Labute approximate surface area is 142 Å². The van der Waals surface area contributed by atoms with Crippen LogP contribution >= 0.6 is 0 Å². The lowest BCUT2D eigenvalue weighted by atomic mass is 10.1. The van der Waals surface area contributed by atoms with E-state index in [1.54, 1.807) is 19.1 Å². The second-order valence-electron chi connectivity index (χ2n) is 5.61. The third kappa shape index (κ3) is 5.59. The SMILES string of the molecule is COc1ccc(O[C@H](CCN(C)CC(=O)O)c2ccccc2)cc1. The van der Waals surface area contributed by atoms with Crippen LogP contribution in [0.2, 0.25) is 0 Å². The van der Waals surface area contributed by atoms with Crippen LogP contribution in [0.4, 0.5) is 0 Å². The molecule has 0 spiro atoms. The van der Waals surface area contributed by atoms with Crippen molar-refractivity contribution in [2.24, 2.45) is 0 Å². The Hall–Kier alpha value is -2.53. The van der Waals surface area contributed by atoms with Crippen molar-refractivity contribution in [1.82, 2.24) is 4.90 Å². The van der Waals surface area contributed by atoms with E-state index in [1.165, 1.54) is 0 Å². The summed E-state index contributed by atoms with van der Waals surface area (Å²) in [6.07, 6.45) is 0.552. The standard InChI is InChI=1S/C19H23NO4/c1-20(14-19(21)22)13-12-18(15-6-4-3-5-7-15)24-17-10-8-16(23-2)9-11-17/h3-11,18H,12-14H2,1-2H3,(H,21,22)/t18-/m1/s1. The van der Waals surface area contributed by atoms with Crippen LogP contribution in [0.1, 0.15) is 18.1 Å². The molecule has 0 heterocycles. The normalized spacial score (nSPS) is 12.0. The minimum Gasteiger partial charge on any atom is -0.497 e. The Kier molecular flexibility index (Phi) is 6.63. The van der Waals surface area contributed by atoms with Crippen LogP contribution in [0.3, 0.4) is 0 Å². The Morgan fingerprint density at radius 1 is 1.08 bits per heavy atom. The van der Waals surface area contributed by atoms with E-state index in [0.717, 1.165) is 17.1 Å². The molecule has 24 heavy (non-hydrogen) atoms. The summed E-state index contributed by atoms with van der Waals surface area (Å²) in [5.41, 5.74) is 1.07. The number of benzene rings is 2. The molecule has 128 valence electrons. The number of ether oxygens (including phenoxy) is 2. The van der Waals surface area contributed by atoms with Crippen molar-refractivity contribution >= 4 is 5.97 Å². The predicted molar refractivity (Wildman–Crippen MR) is 92.6 cm³/mol. The predicted octanol–water partition coefficient (Wildman–Crippen LogP) is 3.22. The second kappa shape index (κ2) is 8.93. The number of nitrogens with zero attached hydrogens (tertiary/aromatic N) is 1. The summed E-state index contributed by atoms with van der Waals surface area (Å²) in [5, 5.41) is 8.87. The van der Waals surface area contributed by atoms with Gasteiger partial charge in [-0.25, -0.2) is 0 Å². The van der Waals surface area contributed by atoms with Crippen molar-refractivity contribution < 1.29 is 19.4 Å². The highest BCUT2D eigenvalue weighted by molar-refractivity contribution is 5.68. The highest BCUT2D eigenvalue weighted by atomic mass is 16.5. The first kappa shape index (κ1) is 17.8. The fraction of sp³-hybridized carbons (Fsp3) is 0.316. The lowest BCUT2D eigenvalue weighted by Crippen LogP contribution is -2.28. The maximum atomic E-state index is 10.8. The van der Waals surface area contributed by atoms with Crippen LogP contribution in [0.25, 0.3) is 0 Å². The number of methoxy groups -OCH3 is 1. The zero-order valence-corrected chi connectivity index (χ0v) is 14.0. The van der Waals surface area contributed by atoms with Crippen LogP contribution in [0.5, 0.6) is 11.5 Å². The summed E-state index contributed by atoms with van der Waals surface area (Å²) in [5.74, 6) is 0.704. The van der Waals surface area contributed by atoms with Gasteiger partial charge in [-0.1, -0.05) is 30.3 Å². The van der Waals surface area contributed by atoms with E-state index in [4.69, 9.17) is 14.6 Å². The van der Waals surface area contributed by atoms with E-state index in [1.807, 2.05) is 54.6 Å². The number of carboxylic acid groups (broad SMARTS) is 1. The van der Waals surface area contributed by atoms with Gasteiger partial charge in [0.25, 0.3) is 0 Å². The van der Waals surface area contributed by atoms with Crippen LogP contribution in [-0.4, -0.2) is 43.2 Å². The molecule has 0 aromatic heterocycles. The number of carbonyl (C=O) groups is 1. The molecular weight excluding hydrogens is 306 g/mol. The molecule has 0 aliphatic heterocycles. The number of hydrogen-bond acceptors (Lipinski definition) is 4. The second-order valence-corrected chi connectivity index (χ2v) is 5.61. The average Bonchev–Trinajstić information content (AvgIpc) is 2.59. The molecule has 0 amide bonds. The molecule has 0 fully saturated rings. The van der Waals surface area contributed by atoms with Crippen molar-refractivity contribution in [2.45, 2.75) is 12.5 Å². The summed E-state index contributed by atoms with van der Waals surface area (Å²) in [6.45, 7) is 0.645. The zero-order valence-electron chi connectivity index (χ0n) is 14.0. The lowest BCUT2D eigenvalue weighted by Gasteiger charge is -2.22. The molecule has 2 rings (SSSR count). The summed E-state index contributed by atoms with van der Waals surface area (Å²) < 4.78 is 11.3. The van der Waals surface area contributed by atoms with E-state index in [2.05, 4.69) is 0 Å². The average molecular weight is 329 g/mol. The van der Waals surface area contributed by atoms with Gasteiger partial charge >= 0.3 is 5.97 Å². The first-order valence-corrected chi connectivity index (χ1v) is 7.84. The first-order chi connectivity index (χ1) is 11.6. The van der Waals surface area contributed by atoms with E-state index in [0.29, 0.717) is 13.0 Å². The van der Waals surface area contributed by atoms with E-state index in [9.17, 15) is 4.79 Å². The molecule has 0 saturated carbocycles. The van der Waals surface area contributed by atoms with Gasteiger partial charge in [-0.05, 0) is 36.9 Å². The van der Waals surface area contributed by atoms with Gasteiger partial charge in [0.15, 0.2) is 0 Å². The van der Waals surface area contributed by atoms with Gasteiger partial charge in [0.2, 0.25) is 0 Å². The lowest BCUT2D eigenvalue weighted by molar-refractivity contribution is -0.138. The van der Waals surface area contributed by atoms with Crippen molar-refractivity contribution in [2.75, 3.05) is 27.2 Å². The molecule has 0 radical (unpaired) electrons. The first-order valence-electron chi connectivity index (χ1n) is 7.84. The third-order valence-corrected chi connectivity index (χ3v) is 3.69. The number of aliphatic carboxylic acids is 1. The quantitative estimate of drug-likeness (QED) is 0.765. The maximum absolute atomic E-state index is 10.8. The van der Waals surface area contributed by atoms with E-state index in [-0.39, 0.29) is 12.6 Å². The summed E-state index contributed by atoms with van der Waals surface area (Å²) in [6, 6.07) is 17.4. The number of likely N-dealkylation sites (N-methyl/N-ethyl adjacent to an activating group) is 1. The molecule has 5 nitrogen and oxygen atoms in total. The van der Waals surface area contributed by atoms with Crippen LogP contribution < -0.4 is 9.47 Å². The zero-order chi connectivity index (χ0) is 17.4. The molecule has 0 aliphatic rings. The van der Waals surface area contributed by atoms with Crippen LogP contribution in [-0.2, 0) is 4.79 Å². The van der Waals surface area contributed by atoms with Gasteiger partial charge < -0.3 is 14.6 Å². The Balaban J connectivity index is 2.06. The topological polar surface area (TPSA) is 59.0 Å². The minimum atomic E-state index is -0.829. The molecule has 2 aromatic carbocycles. The summed E-state index contributed by atoms with van der Waals surface area (Å²) in [7, 11) is 3.42. The van der Waals surface area contributed by atoms with Crippen molar-refractivity contribution in [3.05, 3.63) is 60.2 Å². The van der Waals surface area contributed by atoms with Crippen LogP contribution in [0, 0.1) is 0 Å². The van der Waals surface area contributed by atoms with E-state index < -0.39 is 5.97 Å². The Morgan fingerprint density at radius 3 is 2.29 bits per heavy atom. The summed E-state index contributed by atoms with van der Waals surface area (Å²) in [4.78, 5) is 12.6. The molecular formula is C19H23NO4. The molecule has 1 atom stereocenters. The minimum absolute atomic E-state index is 0.0179. The molecule has 2 aromatic rings. The van der Waals surface area contributed by atoms with Crippen LogP contribution in [0.15, 0.2) is 54.6 Å². The molecule has 0 aliphatic carbocycles. The van der Waals surface area contributed by atoms with E-state index >= 15 is 0 Å². The molecule has 0 saturated heterocycles. The van der Waals surface area contributed by atoms with Crippen molar-refractivity contribution in [3.8, 4) is 11.5 Å². The Bertz CT molecular complexity index is 628. The van der Waals surface area contributed by atoms with Gasteiger partial charge in [0.05, 0.1) is 13.7 Å². The van der Waals surface area contributed by atoms with Gasteiger partial charge in [0, 0.05) is 13.0 Å².